The molecule has 0 aromatic carbocycles. The maximum atomic E-state index is 13.0. The lowest BCUT2D eigenvalue weighted by Crippen LogP contribution is -2.36. The highest BCUT2D eigenvalue weighted by molar-refractivity contribution is 5.83. The Morgan fingerprint density at radius 1 is 1.67 bits per heavy atom. The van der Waals surface area contributed by atoms with E-state index in [1.54, 1.807) is 4.90 Å². The Balaban J connectivity index is 2.71. The number of likely N-dealkylation sites (tertiary alicyclic amines) is 1. The van der Waals surface area contributed by atoms with Gasteiger partial charge >= 0.3 is 0 Å². The molecular formula is C9H16FNO. The molecule has 1 saturated heterocycles. The van der Waals surface area contributed by atoms with Crippen molar-refractivity contribution < 1.29 is 9.18 Å². The van der Waals surface area contributed by atoms with Crippen molar-refractivity contribution in [1.29, 1.82) is 0 Å². The van der Waals surface area contributed by atoms with Gasteiger partial charge in [-0.1, -0.05) is 13.8 Å². The first kappa shape index (κ1) is 9.49. The lowest BCUT2D eigenvalue weighted by molar-refractivity contribution is -0.132. The van der Waals surface area contributed by atoms with Gasteiger partial charge in [0, 0.05) is 19.0 Å². The predicted octanol–water partition coefficient (Wildman–Crippen LogP) is 1.60. The van der Waals surface area contributed by atoms with Gasteiger partial charge in [-0.15, -0.1) is 0 Å². The average molecular weight is 173 g/mol. The lowest BCUT2D eigenvalue weighted by Gasteiger charge is -2.25. The van der Waals surface area contributed by atoms with Gasteiger partial charge in [-0.2, -0.15) is 0 Å². The van der Waals surface area contributed by atoms with Gasteiger partial charge < -0.3 is 4.90 Å². The van der Waals surface area contributed by atoms with Crippen molar-refractivity contribution in [2.75, 3.05) is 6.54 Å². The molecule has 2 atom stereocenters. The topological polar surface area (TPSA) is 20.3 Å². The van der Waals surface area contributed by atoms with Crippen LogP contribution in [0.5, 0.6) is 0 Å². The zero-order valence-corrected chi connectivity index (χ0v) is 7.88. The Bertz CT molecular complexity index is 181. The molecule has 0 radical (unpaired) electrons. The maximum Gasteiger partial charge on any atom is 0.257 e. The Hall–Kier alpha value is -0.600. The highest BCUT2D eigenvalue weighted by Crippen LogP contribution is 2.26. The Labute approximate surface area is 72.7 Å². The van der Waals surface area contributed by atoms with Gasteiger partial charge in [-0.05, 0) is 12.8 Å². The molecule has 0 saturated carbocycles. The van der Waals surface area contributed by atoms with E-state index < -0.39 is 6.17 Å². The van der Waals surface area contributed by atoms with Crippen LogP contribution in [0.4, 0.5) is 4.39 Å². The normalized spacial score (nSPS) is 30.4. The second-order valence-corrected chi connectivity index (χ2v) is 3.64. The number of halogens is 1. The van der Waals surface area contributed by atoms with E-state index in [4.69, 9.17) is 0 Å². The third-order valence-electron chi connectivity index (χ3n) is 2.51. The quantitative estimate of drug-likeness (QED) is 0.621. The van der Waals surface area contributed by atoms with E-state index in [0.29, 0.717) is 18.9 Å². The summed E-state index contributed by atoms with van der Waals surface area (Å²) in [6, 6.07) is 0.109. The molecule has 0 bridgehead atoms. The smallest absolute Gasteiger partial charge is 0.257 e. The van der Waals surface area contributed by atoms with E-state index >= 15 is 0 Å². The van der Waals surface area contributed by atoms with E-state index in [0.717, 1.165) is 0 Å². The number of carbonyl (C=O) groups excluding carboxylic acids is 1. The molecule has 12 heavy (non-hydrogen) atoms. The summed E-state index contributed by atoms with van der Waals surface area (Å²) in [7, 11) is 0. The van der Waals surface area contributed by atoms with Crippen LogP contribution in [0.2, 0.25) is 0 Å². The molecule has 3 heteroatoms. The van der Waals surface area contributed by atoms with Crippen molar-refractivity contribution in [2.24, 2.45) is 5.92 Å². The molecule has 2 unspecified atom stereocenters. The van der Waals surface area contributed by atoms with Crippen LogP contribution in [0.3, 0.4) is 0 Å². The van der Waals surface area contributed by atoms with E-state index in [1.807, 2.05) is 20.8 Å². The molecule has 2 nitrogen and oxygen atoms in total. The average Bonchev–Trinajstić information content (AvgIpc) is 2.29. The summed E-state index contributed by atoms with van der Waals surface area (Å²) in [5.41, 5.74) is 0. The van der Waals surface area contributed by atoms with Gasteiger partial charge in [0.05, 0.1) is 0 Å². The van der Waals surface area contributed by atoms with Crippen LogP contribution in [0.15, 0.2) is 0 Å². The van der Waals surface area contributed by atoms with Gasteiger partial charge in [0.2, 0.25) is 0 Å². The van der Waals surface area contributed by atoms with Gasteiger partial charge in [-0.25, -0.2) is 4.39 Å². The van der Waals surface area contributed by atoms with Gasteiger partial charge in [0.1, 0.15) is 0 Å². The number of alkyl halides is 1. The van der Waals surface area contributed by atoms with Crippen LogP contribution in [0, 0.1) is 5.92 Å². The number of hydrogen-bond donors (Lipinski definition) is 0. The maximum absolute atomic E-state index is 13.0. The molecule has 1 aliphatic heterocycles. The van der Waals surface area contributed by atoms with Crippen LogP contribution in [-0.4, -0.2) is 29.6 Å². The van der Waals surface area contributed by atoms with Crippen LogP contribution < -0.4 is 0 Å². The van der Waals surface area contributed by atoms with Crippen molar-refractivity contribution in [3.63, 3.8) is 0 Å². The molecule has 1 heterocycles. The molecule has 0 aromatic heterocycles. The van der Waals surface area contributed by atoms with E-state index in [9.17, 15) is 9.18 Å². The summed E-state index contributed by atoms with van der Waals surface area (Å²) in [6.45, 7) is 6.57. The summed E-state index contributed by atoms with van der Waals surface area (Å²) in [5, 5.41) is 0. The first-order valence-electron chi connectivity index (χ1n) is 4.52. The van der Waals surface area contributed by atoms with Crippen molar-refractivity contribution in [1.82, 2.24) is 4.90 Å². The molecule has 0 aromatic rings. The lowest BCUT2D eigenvalue weighted by atomic mass is 10.0. The number of rotatable bonds is 2. The molecule has 1 amide bonds. The first-order valence-corrected chi connectivity index (χ1v) is 4.52. The van der Waals surface area contributed by atoms with Crippen molar-refractivity contribution in [2.45, 2.75) is 39.4 Å². The Kier molecular flexibility index (Phi) is 2.70. The second-order valence-electron chi connectivity index (χ2n) is 3.64. The number of amides is 1. The molecule has 1 aliphatic rings. The molecular weight excluding hydrogens is 157 g/mol. The summed E-state index contributed by atoms with van der Waals surface area (Å²) >= 11 is 0. The fourth-order valence-electron chi connectivity index (χ4n) is 1.81. The third kappa shape index (κ3) is 1.45. The molecule has 0 spiro atoms. The highest BCUT2D eigenvalue weighted by Gasteiger charge is 2.39. The molecule has 70 valence electrons. The monoisotopic (exact) mass is 173 g/mol. The standard InChI is InChI=1S/C9H16FNO/c1-4-11-8(6(2)3)5-7(10)9(11)12/h6-8H,4-5H2,1-3H3. The van der Waals surface area contributed by atoms with Gasteiger partial charge in [0.25, 0.3) is 5.91 Å². The van der Waals surface area contributed by atoms with Crippen LogP contribution in [0.25, 0.3) is 0 Å². The fraction of sp³-hybridized carbons (Fsp3) is 0.889. The van der Waals surface area contributed by atoms with E-state index in [1.165, 1.54) is 0 Å². The van der Waals surface area contributed by atoms with Crippen LogP contribution in [-0.2, 0) is 4.79 Å². The largest absolute Gasteiger partial charge is 0.337 e. The SMILES string of the molecule is CCN1C(=O)C(F)CC1C(C)C. The zero-order chi connectivity index (χ0) is 9.30. The minimum absolute atomic E-state index is 0.109. The fourth-order valence-corrected chi connectivity index (χ4v) is 1.81. The molecule has 1 fully saturated rings. The van der Waals surface area contributed by atoms with Crippen LogP contribution in [0.1, 0.15) is 27.2 Å². The van der Waals surface area contributed by atoms with Crippen molar-refractivity contribution >= 4 is 5.91 Å². The molecule has 0 N–H and O–H groups in total. The number of hydrogen-bond acceptors (Lipinski definition) is 1. The number of nitrogens with zero attached hydrogens (tertiary/aromatic N) is 1. The molecule has 1 rings (SSSR count). The van der Waals surface area contributed by atoms with E-state index in [-0.39, 0.29) is 11.9 Å². The van der Waals surface area contributed by atoms with Crippen molar-refractivity contribution in [3.8, 4) is 0 Å². The summed E-state index contributed by atoms with van der Waals surface area (Å²) in [4.78, 5) is 12.9. The highest BCUT2D eigenvalue weighted by atomic mass is 19.1. The van der Waals surface area contributed by atoms with Gasteiger partial charge in [0.15, 0.2) is 6.17 Å². The summed E-state index contributed by atoms with van der Waals surface area (Å²) < 4.78 is 13.0. The minimum Gasteiger partial charge on any atom is -0.337 e. The van der Waals surface area contributed by atoms with Gasteiger partial charge in [-0.3, -0.25) is 4.79 Å². The second kappa shape index (κ2) is 3.42. The summed E-state index contributed by atoms with van der Waals surface area (Å²) in [5.74, 6) is 0.0332. The zero-order valence-electron chi connectivity index (χ0n) is 7.88. The van der Waals surface area contributed by atoms with Crippen LogP contribution >= 0.6 is 0 Å². The third-order valence-corrected chi connectivity index (χ3v) is 2.51. The Morgan fingerprint density at radius 2 is 2.25 bits per heavy atom. The molecule has 0 aliphatic carbocycles. The predicted molar refractivity (Wildman–Crippen MR) is 45.5 cm³/mol. The Morgan fingerprint density at radius 3 is 2.58 bits per heavy atom. The number of carbonyl (C=O) groups is 1. The first-order chi connectivity index (χ1) is 5.57. The van der Waals surface area contributed by atoms with E-state index in [2.05, 4.69) is 0 Å². The van der Waals surface area contributed by atoms with Crippen molar-refractivity contribution in [3.05, 3.63) is 0 Å². The summed E-state index contributed by atoms with van der Waals surface area (Å²) in [6.07, 6.45) is -0.873. The minimum atomic E-state index is -1.25.